The standard InChI is InChI=1S/C22H21F4N3O3S2/c1-12(13-5-7-15(16(23)10-13)20(27)34(2,31)32)21(30)28-11-14-6-8-18(22(24,25)26)29-19(14)17-4-3-9-33-17/h3-10,12,20H,11,27H2,1-2H3,(H,28,30). The van der Waals surface area contributed by atoms with E-state index in [0.29, 0.717) is 10.4 Å². The van der Waals surface area contributed by atoms with Crippen LogP contribution < -0.4 is 11.1 Å². The predicted octanol–water partition coefficient (Wildman–Crippen LogP) is 4.39. The number of benzene rings is 1. The topological polar surface area (TPSA) is 102 Å². The number of aromatic nitrogens is 1. The zero-order valence-corrected chi connectivity index (χ0v) is 19.7. The average Bonchev–Trinajstić information content (AvgIpc) is 3.29. The number of rotatable bonds is 7. The molecule has 2 unspecified atom stereocenters. The lowest BCUT2D eigenvalue weighted by atomic mass is 9.98. The molecule has 0 spiro atoms. The molecule has 182 valence electrons. The van der Waals surface area contributed by atoms with E-state index in [1.54, 1.807) is 17.5 Å². The van der Waals surface area contributed by atoms with E-state index in [0.717, 1.165) is 18.4 Å². The number of thiophene rings is 1. The molecule has 1 amide bonds. The number of hydrogen-bond donors (Lipinski definition) is 2. The second kappa shape index (κ2) is 9.80. The molecule has 1 aromatic carbocycles. The maximum Gasteiger partial charge on any atom is 0.433 e. The highest BCUT2D eigenvalue weighted by atomic mass is 32.2. The smallest absolute Gasteiger partial charge is 0.351 e. The van der Waals surface area contributed by atoms with Gasteiger partial charge in [-0.2, -0.15) is 13.2 Å². The molecule has 3 aromatic rings. The SMILES string of the molecule is CC(C(=O)NCc1ccc(C(F)(F)F)nc1-c1cccs1)c1ccc(C(N)S(C)(=O)=O)c(F)c1. The molecule has 0 saturated carbocycles. The fourth-order valence-electron chi connectivity index (χ4n) is 3.18. The van der Waals surface area contributed by atoms with Crippen LogP contribution in [-0.2, 0) is 27.4 Å². The van der Waals surface area contributed by atoms with Crippen LogP contribution in [0.4, 0.5) is 17.6 Å². The highest BCUT2D eigenvalue weighted by Crippen LogP contribution is 2.33. The van der Waals surface area contributed by atoms with Crippen molar-refractivity contribution in [1.82, 2.24) is 10.3 Å². The van der Waals surface area contributed by atoms with E-state index in [9.17, 15) is 30.8 Å². The Morgan fingerprint density at radius 2 is 1.91 bits per heavy atom. The molecule has 34 heavy (non-hydrogen) atoms. The lowest BCUT2D eigenvalue weighted by Gasteiger charge is -2.17. The normalized spacial score (nSPS) is 14.0. The summed E-state index contributed by atoms with van der Waals surface area (Å²) in [5, 5.41) is 2.81. The van der Waals surface area contributed by atoms with E-state index in [4.69, 9.17) is 5.73 Å². The molecule has 12 heteroatoms. The van der Waals surface area contributed by atoms with Crippen LogP contribution in [0.2, 0.25) is 0 Å². The first-order valence-electron chi connectivity index (χ1n) is 9.91. The fraction of sp³-hybridized carbons (Fsp3) is 0.273. The van der Waals surface area contributed by atoms with E-state index in [1.165, 1.54) is 36.5 Å². The lowest BCUT2D eigenvalue weighted by molar-refractivity contribution is -0.141. The number of halogens is 4. The summed E-state index contributed by atoms with van der Waals surface area (Å²) in [7, 11) is -3.72. The predicted molar refractivity (Wildman–Crippen MR) is 121 cm³/mol. The minimum absolute atomic E-state index is 0.0962. The summed E-state index contributed by atoms with van der Waals surface area (Å²) in [6.07, 6.45) is -3.72. The monoisotopic (exact) mass is 515 g/mol. The van der Waals surface area contributed by atoms with Crippen LogP contribution in [0.1, 0.15) is 40.6 Å². The summed E-state index contributed by atoms with van der Waals surface area (Å²) < 4.78 is 77.0. The van der Waals surface area contributed by atoms with Gasteiger partial charge in [0.25, 0.3) is 0 Å². The molecule has 2 atom stereocenters. The van der Waals surface area contributed by atoms with Crippen LogP contribution in [-0.4, -0.2) is 25.6 Å². The number of nitrogens with two attached hydrogens (primary N) is 1. The lowest BCUT2D eigenvalue weighted by Crippen LogP contribution is -2.28. The highest BCUT2D eigenvalue weighted by molar-refractivity contribution is 7.90. The summed E-state index contributed by atoms with van der Waals surface area (Å²) in [6.45, 7) is 1.42. The zero-order valence-electron chi connectivity index (χ0n) is 18.1. The van der Waals surface area contributed by atoms with Gasteiger partial charge in [-0.25, -0.2) is 17.8 Å². The molecular formula is C22H21F4N3O3S2. The molecule has 0 aliphatic carbocycles. The summed E-state index contributed by atoms with van der Waals surface area (Å²) in [5.41, 5.74) is 5.11. The number of alkyl halides is 3. The van der Waals surface area contributed by atoms with Crippen molar-refractivity contribution in [3.8, 4) is 10.6 Å². The number of amides is 1. The number of nitrogens with one attached hydrogen (secondary N) is 1. The number of nitrogens with zero attached hydrogens (tertiary/aromatic N) is 1. The number of carbonyl (C=O) groups excluding carboxylic acids is 1. The first-order chi connectivity index (χ1) is 15.8. The molecule has 0 aliphatic rings. The van der Waals surface area contributed by atoms with E-state index < -0.39 is 44.7 Å². The first kappa shape index (κ1) is 25.8. The molecule has 6 nitrogen and oxygen atoms in total. The van der Waals surface area contributed by atoms with Crippen LogP contribution in [0.25, 0.3) is 10.6 Å². The summed E-state index contributed by atoms with van der Waals surface area (Å²) in [4.78, 5) is 16.9. The van der Waals surface area contributed by atoms with Crippen LogP contribution in [0.5, 0.6) is 0 Å². The van der Waals surface area contributed by atoms with Gasteiger partial charge in [0.2, 0.25) is 5.91 Å². The summed E-state index contributed by atoms with van der Waals surface area (Å²) in [6, 6.07) is 9.09. The van der Waals surface area contributed by atoms with Gasteiger partial charge in [0.15, 0.2) is 9.84 Å². The largest absolute Gasteiger partial charge is 0.433 e. The van der Waals surface area contributed by atoms with Crippen LogP contribution in [0.15, 0.2) is 47.8 Å². The maximum atomic E-state index is 14.5. The van der Waals surface area contributed by atoms with E-state index in [1.807, 2.05) is 0 Å². The van der Waals surface area contributed by atoms with Gasteiger partial charge in [-0.05, 0) is 41.6 Å². The van der Waals surface area contributed by atoms with Gasteiger partial charge in [0, 0.05) is 18.4 Å². The minimum atomic E-state index is -4.61. The molecule has 0 radical (unpaired) electrons. The Morgan fingerprint density at radius 3 is 2.47 bits per heavy atom. The third-order valence-electron chi connectivity index (χ3n) is 5.16. The molecule has 0 saturated heterocycles. The molecule has 3 rings (SSSR count). The number of hydrogen-bond acceptors (Lipinski definition) is 6. The second-order valence-electron chi connectivity index (χ2n) is 7.65. The van der Waals surface area contributed by atoms with Crippen molar-refractivity contribution in [3.63, 3.8) is 0 Å². The van der Waals surface area contributed by atoms with Gasteiger partial charge in [-0.1, -0.05) is 24.3 Å². The van der Waals surface area contributed by atoms with Gasteiger partial charge < -0.3 is 11.1 Å². The molecule has 2 aromatic heterocycles. The van der Waals surface area contributed by atoms with Crippen molar-refractivity contribution in [3.05, 3.63) is 76.0 Å². The number of pyridine rings is 1. The van der Waals surface area contributed by atoms with Crippen LogP contribution in [0, 0.1) is 5.82 Å². The van der Waals surface area contributed by atoms with Crippen molar-refractivity contribution >= 4 is 27.1 Å². The summed E-state index contributed by atoms with van der Waals surface area (Å²) in [5.74, 6) is -2.19. The number of carbonyl (C=O) groups is 1. The minimum Gasteiger partial charge on any atom is -0.351 e. The van der Waals surface area contributed by atoms with E-state index >= 15 is 0 Å². The van der Waals surface area contributed by atoms with Crippen molar-refractivity contribution < 1.29 is 30.8 Å². The van der Waals surface area contributed by atoms with Crippen LogP contribution in [0.3, 0.4) is 0 Å². The van der Waals surface area contributed by atoms with Crippen molar-refractivity contribution in [2.24, 2.45) is 5.73 Å². The maximum absolute atomic E-state index is 14.5. The highest BCUT2D eigenvalue weighted by Gasteiger charge is 2.33. The quantitative estimate of drug-likeness (QED) is 0.455. The van der Waals surface area contributed by atoms with Gasteiger partial charge in [-0.15, -0.1) is 11.3 Å². The first-order valence-corrected chi connectivity index (χ1v) is 12.7. The Balaban J connectivity index is 1.79. The number of sulfone groups is 1. The Bertz CT molecular complexity index is 1290. The van der Waals surface area contributed by atoms with Crippen molar-refractivity contribution in [2.45, 2.75) is 30.9 Å². The third-order valence-corrected chi connectivity index (χ3v) is 7.22. The molecular weight excluding hydrogens is 494 g/mol. The zero-order chi connectivity index (χ0) is 25.3. The van der Waals surface area contributed by atoms with E-state index in [2.05, 4.69) is 10.3 Å². The van der Waals surface area contributed by atoms with Gasteiger partial charge in [0.05, 0.1) is 16.5 Å². The molecule has 0 bridgehead atoms. The van der Waals surface area contributed by atoms with Crippen LogP contribution >= 0.6 is 11.3 Å². The molecule has 0 aliphatic heterocycles. The Kier molecular flexibility index (Phi) is 7.44. The van der Waals surface area contributed by atoms with Gasteiger partial charge >= 0.3 is 6.18 Å². The van der Waals surface area contributed by atoms with E-state index in [-0.39, 0.29) is 23.4 Å². The van der Waals surface area contributed by atoms with Gasteiger partial charge in [0.1, 0.15) is 16.9 Å². The molecule has 3 N–H and O–H groups in total. The van der Waals surface area contributed by atoms with Crippen molar-refractivity contribution in [1.29, 1.82) is 0 Å². The molecule has 2 heterocycles. The fourth-order valence-corrected chi connectivity index (χ4v) is 4.58. The Labute approximate surface area is 197 Å². The Morgan fingerprint density at radius 1 is 1.21 bits per heavy atom. The third kappa shape index (κ3) is 5.80. The average molecular weight is 516 g/mol. The second-order valence-corrected chi connectivity index (χ2v) is 10.8. The molecule has 0 fully saturated rings. The van der Waals surface area contributed by atoms with Gasteiger partial charge in [-0.3, -0.25) is 4.79 Å². The summed E-state index contributed by atoms with van der Waals surface area (Å²) >= 11 is 1.22. The van der Waals surface area contributed by atoms with Crippen molar-refractivity contribution in [2.75, 3.05) is 6.26 Å². The Hall–Kier alpha value is -2.83.